The lowest BCUT2D eigenvalue weighted by Gasteiger charge is -2.19. The van der Waals surface area contributed by atoms with Crippen LogP contribution in [0.5, 0.6) is 5.75 Å². The Hall–Kier alpha value is -1.05. The van der Waals surface area contributed by atoms with Gasteiger partial charge in [0.25, 0.3) is 6.43 Å². The molecule has 4 nitrogen and oxygen atoms in total. The molecule has 0 aliphatic carbocycles. The number of ether oxygens (including phenoxy) is 1. The molecular weight excluding hydrogens is 336 g/mol. The zero-order chi connectivity index (χ0) is 15.1. The first-order valence-corrected chi connectivity index (χ1v) is 6.75. The fourth-order valence-corrected chi connectivity index (χ4v) is 2.25. The largest absolute Gasteiger partial charge is 0.496 e. The van der Waals surface area contributed by atoms with Gasteiger partial charge in [-0.3, -0.25) is 9.69 Å². The van der Waals surface area contributed by atoms with Gasteiger partial charge in [-0.1, -0.05) is 0 Å². The van der Waals surface area contributed by atoms with Crippen LogP contribution < -0.4 is 4.74 Å². The number of nitrogens with zero attached hydrogens (tertiary/aromatic N) is 1. The normalized spacial score (nSPS) is 11.2. The first-order chi connectivity index (χ1) is 9.47. The van der Waals surface area contributed by atoms with E-state index < -0.39 is 13.0 Å². The van der Waals surface area contributed by atoms with Crippen molar-refractivity contribution in [1.29, 1.82) is 0 Å². The van der Waals surface area contributed by atoms with Gasteiger partial charge in [-0.2, -0.15) is 0 Å². The lowest BCUT2D eigenvalue weighted by atomic mass is 10.1. The highest BCUT2D eigenvalue weighted by Gasteiger charge is 2.17. The number of aliphatic hydroxyl groups is 1. The average Bonchev–Trinajstić information content (AvgIpc) is 2.38. The van der Waals surface area contributed by atoms with E-state index >= 15 is 0 Å². The molecule has 0 aromatic heterocycles. The zero-order valence-corrected chi connectivity index (χ0v) is 12.6. The van der Waals surface area contributed by atoms with E-state index in [1.165, 1.54) is 12.0 Å². The fourth-order valence-electron chi connectivity index (χ4n) is 1.71. The van der Waals surface area contributed by atoms with Gasteiger partial charge in [-0.15, -0.1) is 0 Å². The number of ketones is 1. The van der Waals surface area contributed by atoms with Gasteiger partial charge in [0.05, 0.1) is 31.3 Å². The van der Waals surface area contributed by atoms with E-state index in [0.717, 1.165) is 0 Å². The molecule has 0 saturated heterocycles. The maximum absolute atomic E-state index is 12.4. The highest BCUT2D eigenvalue weighted by Crippen LogP contribution is 2.25. The second kappa shape index (κ2) is 8.28. The molecule has 0 radical (unpaired) electrons. The third kappa shape index (κ3) is 5.15. The van der Waals surface area contributed by atoms with Crippen molar-refractivity contribution in [1.82, 2.24) is 4.90 Å². The summed E-state index contributed by atoms with van der Waals surface area (Å²) in [7, 11) is 1.51. The summed E-state index contributed by atoms with van der Waals surface area (Å²) in [6.07, 6.45) is -2.54. The molecule has 0 saturated carbocycles. The minimum atomic E-state index is -2.54. The van der Waals surface area contributed by atoms with Crippen LogP contribution in [0.25, 0.3) is 0 Å². The SMILES string of the molecule is COc1ccc(C(=O)CN(CCO)CC(F)F)cc1Br. The molecule has 7 heteroatoms. The van der Waals surface area contributed by atoms with E-state index in [4.69, 9.17) is 9.84 Å². The Morgan fingerprint density at radius 3 is 2.70 bits per heavy atom. The van der Waals surface area contributed by atoms with Gasteiger partial charge in [0.15, 0.2) is 5.78 Å². The molecule has 0 atom stereocenters. The summed E-state index contributed by atoms with van der Waals surface area (Å²) < 4.78 is 30.4. The highest BCUT2D eigenvalue weighted by atomic mass is 79.9. The van der Waals surface area contributed by atoms with Crippen molar-refractivity contribution in [2.45, 2.75) is 6.43 Å². The quantitative estimate of drug-likeness (QED) is 0.729. The molecule has 0 fully saturated rings. The van der Waals surface area contributed by atoms with Crippen LogP contribution in [0.4, 0.5) is 8.78 Å². The first-order valence-electron chi connectivity index (χ1n) is 5.96. The minimum Gasteiger partial charge on any atom is -0.496 e. The first kappa shape index (κ1) is 17.0. The molecular formula is C13H16BrF2NO3. The summed E-state index contributed by atoms with van der Waals surface area (Å²) in [4.78, 5) is 13.3. The van der Waals surface area contributed by atoms with Gasteiger partial charge in [-0.05, 0) is 34.1 Å². The van der Waals surface area contributed by atoms with E-state index in [-0.39, 0.29) is 25.5 Å². The minimum absolute atomic E-state index is 0.0351. The molecule has 1 rings (SSSR count). The number of benzene rings is 1. The monoisotopic (exact) mass is 351 g/mol. The molecule has 0 heterocycles. The predicted molar refractivity (Wildman–Crippen MR) is 74.6 cm³/mol. The number of rotatable bonds is 8. The van der Waals surface area contributed by atoms with Gasteiger partial charge in [0, 0.05) is 12.1 Å². The van der Waals surface area contributed by atoms with E-state index in [2.05, 4.69) is 15.9 Å². The van der Waals surface area contributed by atoms with Crippen LogP contribution in [-0.4, -0.2) is 55.6 Å². The summed E-state index contributed by atoms with van der Waals surface area (Å²) in [6, 6.07) is 4.78. The summed E-state index contributed by atoms with van der Waals surface area (Å²) in [6.45, 7) is -0.937. The Balaban J connectivity index is 2.75. The Morgan fingerprint density at radius 2 is 2.20 bits per heavy atom. The van der Waals surface area contributed by atoms with Crippen molar-refractivity contribution in [3.63, 3.8) is 0 Å². The predicted octanol–water partition coefficient (Wildman–Crippen LogP) is 2.20. The molecule has 0 aliphatic rings. The molecule has 20 heavy (non-hydrogen) atoms. The third-order valence-electron chi connectivity index (χ3n) is 2.65. The number of carbonyl (C=O) groups excluding carboxylic acids is 1. The highest BCUT2D eigenvalue weighted by molar-refractivity contribution is 9.10. The van der Waals surface area contributed by atoms with E-state index in [1.54, 1.807) is 18.2 Å². The van der Waals surface area contributed by atoms with Gasteiger partial charge in [0.1, 0.15) is 5.75 Å². The van der Waals surface area contributed by atoms with Crippen LogP contribution in [-0.2, 0) is 0 Å². The number of hydrogen-bond acceptors (Lipinski definition) is 4. The van der Waals surface area contributed by atoms with Crippen molar-refractivity contribution < 1.29 is 23.4 Å². The second-order valence-electron chi connectivity index (χ2n) is 4.12. The standard InChI is InChI=1S/C13H16BrF2NO3/c1-20-12-3-2-9(6-10(12)14)11(19)7-17(4-5-18)8-13(15)16/h2-3,6,13,18H,4-5,7-8H2,1H3. The van der Waals surface area contributed by atoms with E-state index in [1.807, 2.05) is 0 Å². The van der Waals surface area contributed by atoms with Crippen LogP contribution in [0.1, 0.15) is 10.4 Å². The molecule has 0 spiro atoms. The van der Waals surface area contributed by atoms with Crippen LogP contribution >= 0.6 is 15.9 Å². The topological polar surface area (TPSA) is 49.8 Å². The van der Waals surface area contributed by atoms with Crippen LogP contribution in [0.3, 0.4) is 0 Å². The number of methoxy groups -OCH3 is 1. The zero-order valence-electron chi connectivity index (χ0n) is 11.0. The lowest BCUT2D eigenvalue weighted by Crippen LogP contribution is -2.36. The number of carbonyl (C=O) groups is 1. The summed E-state index contributed by atoms with van der Waals surface area (Å²) in [5, 5.41) is 8.82. The molecule has 1 aromatic carbocycles. The van der Waals surface area contributed by atoms with E-state index in [9.17, 15) is 13.6 Å². The van der Waals surface area contributed by atoms with Gasteiger partial charge in [0.2, 0.25) is 0 Å². The lowest BCUT2D eigenvalue weighted by molar-refractivity contribution is 0.0689. The van der Waals surface area contributed by atoms with E-state index in [0.29, 0.717) is 15.8 Å². The molecule has 1 aromatic rings. The Morgan fingerprint density at radius 1 is 1.50 bits per heavy atom. The summed E-state index contributed by atoms with van der Waals surface area (Å²) >= 11 is 3.26. The Labute approximate surface area is 124 Å². The second-order valence-corrected chi connectivity index (χ2v) is 4.98. The van der Waals surface area contributed by atoms with Crippen LogP contribution in [0, 0.1) is 0 Å². The number of alkyl halides is 2. The van der Waals surface area contributed by atoms with Crippen molar-refractivity contribution in [2.24, 2.45) is 0 Å². The van der Waals surface area contributed by atoms with Gasteiger partial charge < -0.3 is 9.84 Å². The molecule has 0 aliphatic heterocycles. The van der Waals surface area contributed by atoms with Crippen molar-refractivity contribution in [3.8, 4) is 5.75 Å². The average molecular weight is 352 g/mol. The molecule has 112 valence electrons. The van der Waals surface area contributed by atoms with Gasteiger partial charge in [-0.25, -0.2) is 8.78 Å². The van der Waals surface area contributed by atoms with Crippen molar-refractivity contribution in [2.75, 3.05) is 33.4 Å². The number of Topliss-reactive ketones (excluding diaryl/α,β-unsaturated/α-hetero) is 1. The molecule has 0 unspecified atom stereocenters. The van der Waals surface area contributed by atoms with Crippen LogP contribution in [0.15, 0.2) is 22.7 Å². The third-order valence-corrected chi connectivity index (χ3v) is 3.27. The molecule has 0 bridgehead atoms. The smallest absolute Gasteiger partial charge is 0.251 e. The summed E-state index contributed by atoms with van der Waals surface area (Å²) in [5.41, 5.74) is 0.398. The number of halogens is 3. The van der Waals surface area contributed by atoms with Crippen molar-refractivity contribution >= 4 is 21.7 Å². The van der Waals surface area contributed by atoms with Gasteiger partial charge >= 0.3 is 0 Å². The summed E-state index contributed by atoms with van der Waals surface area (Å²) in [5.74, 6) is 0.295. The fraction of sp³-hybridized carbons (Fsp3) is 0.462. The maximum atomic E-state index is 12.4. The molecule has 1 N–H and O–H groups in total. The number of aliphatic hydroxyl groups excluding tert-OH is 1. The van der Waals surface area contributed by atoms with Crippen molar-refractivity contribution in [3.05, 3.63) is 28.2 Å². The number of hydrogen-bond donors (Lipinski definition) is 1. The Kier molecular flexibility index (Phi) is 7.04. The van der Waals surface area contributed by atoms with Crippen LogP contribution in [0.2, 0.25) is 0 Å². The maximum Gasteiger partial charge on any atom is 0.251 e. The Bertz CT molecular complexity index is 457. The molecule has 0 amide bonds.